The smallest absolute Gasteiger partial charge is 0.263 e. The molecule has 0 spiro atoms. The summed E-state index contributed by atoms with van der Waals surface area (Å²) in [5.74, 6) is -0.359. The average molecular weight is 406 g/mol. The van der Waals surface area contributed by atoms with E-state index in [1.807, 2.05) is 31.2 Å². The van der Waals surface area contributed by atoms with Crippen molar-refractivity contribution in [1.82, 2.24) is 4.90 Å². The lowest BCUT2D eigenvalue weighted by atomic mass is 9.93. The molecule has 1 aliphatic heterocycles. The van der Waals surface area contributed by atoms with E-state index in [4.69, 9.17) is 4.42 Å². The number of hydrogen-bond acceptors (Lipinski definition) is 3. The van der Waals surface area contributed by atoms with Gasteiger partial charge in [0.05, 0.1) is 12.8 Å². The first-order valence-electron chi connectivity index (χ1n) is 9.95. The highest BCUT2D eigenvalue weighted by atomic mass is 19.1. The standard InChI is InChI=1S/C24H23FN2O3/c1-17-8-10-20(11-9-17)26-23(29)24(25)12-4-13-27(16-24)22(28)19-6-2-5-18(15-19)21-7-3-14-30-21/h2-3,5-11,14-15H,4,12-13,16H2,1H3,(H,26,29). The molecule has 154 valence electrons. The Balaban J connectivity index is 1.49. The Hall–Kier alpha value is -3.41. The lowest BCUT2D eigenvalue weighted by Gasteiger charge is -2.36. The van der Waals surface area contributed by atoms with Crippen molar-refractivity contribution in [3.63, 3.8) is 0 Å². The summed E-state index contributed by atoms with van der Waals surface area (Å²) in [7, 11) is 0. The van der Waals surface area contributed by atoms with Crippen LogP contribution in [0.5, 0.6) is 0 Å². The van der Waals surface area contributed by atoms with Gasteiger partial charge in [0.1, 0.15) is 5.76 Å². The summed E-state index contributed by atoms with van der Waals surface area (Å²) in [6.45, 7) is 2.08. The molecule has 0 aliphatic carbocycles. The number of halogens is 1. The highest BCUT2D eigenvalue weighted by molar-refractivity contribution is 5.99. The van der Waals surface area contributed by atoms with E-state index in [0.29, 0.717) is 30.0 Å². The van der Waals surface area contributed by atoms with E-state index >= 15 is 4.39 Å². The quantitative estimate of drug-likeness (QED) is 0.675. The fraction of sp³-hybridized carbons (Fsp3) is 0.250. The third kappa shape index (κ3) is 4.13. The predicted molar refractivity (Wildman–Crippen MR) is 113 cm³/mol. The third-order valence-electron chi connectivity index (χ3n) is 5.36. The largest absolute Gasteiger partial charge is 0.464 e. The van der Waals surface area contributed by atoms with Crippen LogP contribution in [0.25, 0.3) is 11.3 Å². The first kappa shape index (κ1) is 19.9. The molecule has 6 heteroatoms. The van der Waals surface area contributed by atoms with Crippen molar-refractivity contribution in [3.8, 4) is 11.3 Å². The van der Waals surface area contributed by atoms with E-state index in [1.54, 1.807) is 42.7 Å². The number of anilines is 1. The van der Waals surface area contributed by atoms with Crippen LogP contribution in [0.1, 0.15) is 28.8 Å². The molecule has 1 fully saturated rings. The van der Waals surface area contributed by atoms with Gasteiger partial charge in [0.2, 0.25) is 5.67 Å². The molecule has 1 aromatic heterocycles. The second-order valence-corrected chi connectivity index (χ2v) is 7.67. The van der Waals surface area contributed by atoms with E-state index in [2.05, 4.69) is 5.32 Å². The molecule has 5 nitrogen and oxygen atoms in total. The summed E-state index contributed by atoms with van der Waals surface area (Å²) in [4.78, 5) is 27.1. The Bertz CT molecular complexity index is 1050. The molecular formula is C24H23FN2O3. The van der Waals surface area contributed by atoms with E-state index in [-0.39, 0.29) is 18.9 Å². The maximum atomic E-state index is 15.5. The Morgan fingerprint density at radius 2 is 1.90 bits per heavy atom. The number of carbonyl (C=O) groups excluding carboxylic acids is 2. The van der Waals surface area contributed by atoms with Gasteiger partial charge >= 0.3 is 0 Å². The Morgan fingerprint density at radius 3 is 2.63 bits per heavy atom. The van der Waals surface area contributed by atoms with Gasteiger partial charge < -0.3 is 14.6 Å². The minimum atomic E-state index is -2.13. The van der Waals surface area contributed by atoms with Crippen molar-refractivity contribution < 1.29 is 18.4 Å². The molecule has 1 aliphatic rings. The number of hydrogen-bond donors (Lipinski definition) is 1. The summed E-state index contributed by atoms with van der Waals surface area (Å²) in [6, 6.07) is 17.8. The zero-order chi connectivity index (χ0) is 21.1. The SMILES string of the molecule is Cc1ccc(NC(=O)C2(F)CCCN(C(=O)c3cccc(-c4ccco4)c3)C2)cc1. The van der Waals surface area contributed by atoms with Crippen LogP contribution in [0.2, 0.25) is 0 Å². The Labute approximate surface area is 174 Å². The van der Waals surface area contributed by atoms with Crippen LogP contribution in [0.15, 0.2) is 71.3 Å². The second kappa shape index (κ2) is 8.14. The molecule has 0 bridgehead atoms. The molecule has 4 rings (SSSR count). The van der Waals surface area contributed by atoms with Gasteiger partial charge in [0, 0.05) is 23.4 Å². The number of piperidine rings is 1. The molecule has 30 heavy (non-hydrogen) atoms. The minimum absolute atomic E-state index is 0.0842. The third-order valence-corrected chi connectivity index (χ3v) is 5.36. The maximum Gasteiger partial charge on any atom is 0.263 e. The van der Waals surface area contributed by atoms with Crippen molar-refractivity contribution in [1.29, 1.82) is 0 Å². The minimum Gasteiger partial charge on any atom is -0.464 e. The molecular weight excluding hydrogens is 383 g/mol. The van der Waals surface area contributed by atoms with Crippen molar-refractivity contribution >= 4 is 17.5 Å². The Kier molecular flexibility index (Phi) is 5.40. The van der Waals surface area contributed by atoms with Crippen LogP contribution in [0, 0.1) is 6.92 Å². The fourth-order valence-electron chi connectivity index (χ4n) is 3.68. The van der Waals surface area contributed by atoms with Crippen LogP contribution in [0.3, 0.4) is 0 Å². The van der Waals surface area contributed by atoms with Gasteiger partial charge in [0.15, 0.2) is 0 Å². The van der Waals surface area contributed by atoms with Crippen molar-refractivity contribution in [2.24, 2.45) is 0 Å². The zero-order valence-corrected chi connectivity index (χ0v) is 16.7. The van der Waals surface area contributed by atoms with Crippen molar-refractivity contribution in [2.45, 2.75) is 25.4 Å². The molecule has 1 unspecified atom stereocenters. The maximum absolute atomic E-state index is 15.5. The normalized spacial score (nSPS) is 18.8. The van der Waals surface area contributed by atoms with Crippen LogP contribution >= 0.6 is 0 Å². The zero-order valence-electron chi connectivity index (χ0n) is 16.7. The molecule has 1 atom stereocenters. The van der Waals surface area contributed by atoms with Gasteiger partial charge in [-0.15, -0.1) is 0 Å². The molecule has 3 aromatic rings. The van der Waals surface area contributed by atoms with Gasteiger partial charge in [-0.25, -0.2) is 4.39 Å². The molecule has 0 saturated carbocycles. The Morgan fingerprint density at radius 1 is 1.10 bits per heavy atom. The monoisotopic (exact) mass is 406 g/mol. The number of carbonyl (C=O) groups is 2. The van der Waals surface area contributed by atoms with E-state index in [9.17, 15) is 9.59 Å². The summed E-state index contributed by atoms with van der Waals surface area (Å²) in [5.41, 5.74) is 0.669. The number of furan rings is 1. The lowest BCUT2D eigenvalue weighted by molar-refractivity contribution is -0.130. The van der Waals surface area contributed by atoms with Gasteiger partial charge in [-0.2, -0.15) is 0 Å². The lowest BCUT2D eigenvalue weighted by Crippen LogP contribution is -2.53. The summed E-state index contributed by atoms with van der Waals surface area (Å²) >= 11 is 0. The molecule has 1 saturated heterocycles. The first-order chi connectivity index (χ1) is 14.4. The van der Waals surface area contributed by atoms with Crippen LogP contribution in [-0.2, 0) is 4.79 Å². The van der Waals surface area contributed by atoms with Crippen LogP contribution < -0.4 is 5.32 Å². The number of likely N-dealkylation sites (tertiary alicyclic amines) is 1. The first-order valence-corrected chi connectivity index (χ1v) is 9.95. The van der Waals surface area contributed by atoms with Crippen LogP contribution in [-0.4, -0.2) is 35.5 Å². The molecule has 0 radical (unpaired) electrons. The van der Waals surface area contributed by atoms with Crippen molar-refractivity contribution in [3.05, 3.63) is 78.1 Å². The topological polar surface area (TPSA) is 62.6 Å². The number of nitrogens with one attached hydrogen (secondary N) is 1. The van der Waals surface area contributed by atoms with E-state index < -0.39 is 11.6 Å². The second-order valence-electron chi connectivity index (χ2n) is 7.67. The number of alkyl halides is 1. The van der Waals surface area contributed by atoms with Gasteiger partial charge in [0.25, 0.3) is 11.8 Å². The highest BCUT2D eigenvalue weighted by Crippen LogP contribution is 2.29. The molecule has 1 N–H and O–H groups in total. The summed E-state index contributed by atoms with van der Waals surface area (Å²) in [5, 5.41) is 2.64. The van der Waals surface area contributed by atoms with E-state index in [1.165, 1.54) is 4.90 Å². The van der Waals surface area contributed by atoms with Crippen LogP contribution in [0.4, 0.5) is 10.1 Å². The average Bonchev–Trinajstić information content (AvgIpc) is 3.30. The predicted octanol–water partition coefficient (Wildman–Crippen LogP) is 4.84. The van der Waals surface area contributed by atoms with Crippen molar-refractivity contribution in [2.75, 3.05) is 18.4 Å². The number of amides is 2. The van der Waals surface area contributed by atoms with Gasteiger partial charge in [-0.3, -0.25) is 9.59 Å². The molecule has 2 aromatic carbocycles. The number of nitrogens with zero attached hydrogens (tertiary/aromatic N) is 1. The van der Waals surface area contributed by atoms with Gasteiger partial charge in [-0.05, 0) is 56.2 Å². The number of benzene rings is 2. The number of rotatable bonds is 4. The molecule has 2 heterocycles. The summed E-state index contributed by atoms with van der Waals surface area (Å²) < 4.78 is 20.9. The fourth-order valence-corrected chi connectivity index (χ4v) is 3.68. The molecule has 2 amide bonds. The van der Waals surface area contributed by atoms with Gasteiger partial charge in [-0.1, -0.05) is 29.8 Å². The number of aryl methyl sites for hydroxylation is 1. The van der Waals surface area contributed by atoms with E-state index in [0.717, 1.165) is 11.1 Å². The highest BCUT2D eigenvalue weighted by Gasteiger charge is 2.44. The summed E-state index contributed by atoms with van der Waals surface area (Å²) in [6.07, 6.45) is 2.07.